The molecular weight excluding hydrogens is 259 g/mol. The second kappa shape index (κ2) is 6.51. The van der Waals surface area contributed by atoms with Gasteiger partial charge in [0.05, 0.1) is 5.69 Å². The van der Waals surface area contributed by atoms with E-state index in [1.54, 1.807) is 6.07 Å². The molecule has 1 N–H and O–H groups in total. The van der Waals surface area contributed by atoms with E-state index in [1.165, 1.54) is 17.9 Å². The summed E-state index contributed by atoms with van der Waals surface area (Å²) in [6, 6.07) is 5.74. The first-order valence-electron chi connectivity index (χ1n) is 6.92. The molecular formula is C15H23FN2S. The van der Waals surface area contributed by atoms with Crippen LogP contribution in [-0.2, 0) is 0 Å². The van der Waals surface area contributed by atoms with Crippen molar-refractivity contribution in [2.75, 3.05) is 35.3 Å². The summed E-state index contributed by atoms with van der Waals surface area (Å²) in [7, 11) is 1.92. The van der Waals surface area contributed by atoms with Gasteiger partial charge in [0.25, 0.3) is 0 Å². The summed E-state index contributed by atoms with van der Waals surface area (Å²) in [5.41, 5.74) is 1.55. The van der Waals surface area contributed by atoms with Gasteiger partial charge in [0.15, 0.2) is 0 Å². The summed E-state index contributed by atoms with van der Waals surface area (Å²) in [5.74, 6) is 3.07. The van der Waals surface area contributed by atoms with Crippen LogP contribution in [0.4, 0.5) is 15.8 Å². The highest BCUT2D eigenvalue weighted by molar-refractivity contribution is 7.99. The molecule has 0 spiro atoms. The molecule has 0 aromatic heterocycles. The zero-order chi connectivity index (χ0) is 13.8. The van der Waals surface area contributed by atoms with Gasteiger partial charge in [-0.05, 0) is 55.9 Å². The molecule has 2 rings (SSSR count). The van der Waals surface area contributed by atoms with E-state index in [1.807, 2.05) is 35.8 Å². The van der Waals surface area contributed by atoms with Gasteiger partial charge in [-0.25, -0.2) is 4.39 Å². The molecule has 1 aromatic rings. The van der Waals surface area contributed by atoms with E-state index in [2.05, 4.69) is 19.2 Å². The number of hydrogen-bond acceptors (Lipinski definition) is 3. The Balaban J connectivity index is 1.97. The minimum absolute atomic E-state index is 0.151. The van der Waals surface area contributed by atoms with Crippen LogP contribution in [0.3, 0.4) is 0 Å². The summed E-state index contributed by atoms with van der Waals surface area (Å²) >= 11 is 2.01. The van der Waals surface area contributed by atoms with Gasteiger partial charge in [-0.15, -0.1) is 0 Å². The summed E-state index contributed by atoms with van der Waals surface area (Å²) in [6.07, 6.45) is 1.27. The van der Waals surface area contributed by atoms with E-state index in [-0.39, 0.29) is 5.82 Å². The zero-order valence-corrected chi connectivity index (χ0v) is 12.8. The second-order valence-corrected chi connectivity index (χ2v) is 6.63. The zero-order valence-electron chi connectivity index (χ0n) is 11.9. The van der Waals surface area contributed by atoms with Crippen molar-refractivity contribution >= 4 is 23.1 Å². The maximum Gasteiger partial charge on any atom is 0.148 e. The highest BCUT2D eigenvalue weighted by atomic mass is 32.2. The number of hydrogen-bond donors (Lipinski definition) is 1. The third-order valence-corrected chi connectivity index (χ3v) is 4.95. The molecule has 0 saturated carbocycles. The van der Waals surface area contributed by atoms with Gasteiger partial charge in [0, 0.05) is 25.3 Å². The summed E-state index contributed by atoms with van der Waals surface area (Å²) < 4.78 is 14.1. The first-order chi connectivity index (χ1) is 9.08. The number of nitrogens with one attached hydrogen (secondary N) is 1. The van der Waals surface area contributed by atoms with Gasteiger partial charge in [-0.1, -0.05) is 0 Å². The third-order valence-electron chi connectivity index (χ3n) is 3.72. The van der Waals surface area contributed by atoms with Crippen LogP contribution in [-0.4, -0.2) is 31.1 Å². The Hall–Kier alpha value is -0.900. The first-order valence-corrected chi connectivity index (χ1v) is 8.07. The molecule has 1 atom stereocenters. The lowest BCUT2D eigenvalue weighted by atomic mass is 10.1. The van der Waals surface area contributed by atoms with E-state index in [4.69, 9.17) is 0 Å². The van der Waals surface area contributed by atoms with Crippen molar-refractivity contribution in [2.45, 2.75) is 26.3 Å². The van der Waals surface area contributed by atoms with Crippen LogP contribution in [0.2, 0.25) is 0 Å². The van der Waals surface area contributed by atoms with E-state index in [0.29, 0.717) is 11.7 Å². The van der Waals surface area contributed by atoms with Crippen molar-refractivity contribution in [1.29, 1.82) is 0 Å². The smallest absolute Gasteiger partial charge is 0.148 e. The molecule has 4 heteroatoms. The van der Waals surface area contributed by atoms with Gasteiger partial charge in [0.1, 0.15) is 5.82 Å². The Bertz CT molecular complexity index is 417. The average molecular weight is 282 g/mol. The van der Waals surface area contributed by atoms with Crippen molar-refractivity contribution < 1.29 is 4.39 Å². The fourth-order valence-electron chi connectivity index (χ4n) is 2.19. The quantitative estimate of drug-likeness (QED) is 0.883. The number of halogens is 1. The fourth-order valence-corrected chi connectivity index (χ4v) is 3.47. The highest BCUT2D eigenvalue weighted by Crippen LogP contribution is 2.26. The van der Waals surface area contributed by atoms with Gasteiger partial charge in [-0.3, -0.25) is 0 Å². The second-order valence-electron chi connectivity index (χ2n) is 5.48. The van der Waals surface area contributed by atoms with Crippen LogP contribution in [0.5, 0.6) is 0 Å². The molecule has 1 saturated heterocycles. The monoisotopic (exact) mass is 282 g/mol. The molecule has 0 radical (unpaired) electrons. The fraction of sp³-hybridized carbons (Fsp3) is 0.600. The van der Waals surface area contributed by atoms with Crippen LogP contribution >= 0.6 is 11.8 Å². The first kappa shape index (κ1) is 14.5. The Labute approximate surface area is 119 Å². The average Bonchev–Trinajstić information content (AvgIpc) is 2.88. The predicted octanol–water partition coefficient (Wildman–Crippen LogP) is 3.84. The van der Waals surface area contributed by atoms with Crippen LogP contribution in [0, 0.1) is 11.7 Å². The predicted molar refractivity (Wildman–Crippen MR) is 83.9 cm³/mol. The Morgan fingerprint density at radius 1 is 1.47 bits per heavy atom. The maximum absolute atomic E-state index is 14.1. The van der Waals surface area contributed by atoms with E-state index in [9.17, 15) is 4.39 Å². The number of rotatable bonds is 5. The molecule has 1 unspecified atom stereocenters. The number of anilines is 2. The maximum atomic E-state index is 14.1. The van der Waals surface area contributed by atoms with Crippen molar-refractivity contribution in [3.05, 3.63) is 24.0 Å². The van der Waals surface area contributed by atoms with Crippen molar-refractivity contribution in [3.63, 3.8) is 0 Å². The summed E-state index contributed by atoms with van der Waals surface area (Å²) in [4.78, 5) is 1.95. The standard InChI is InChI=1S/C15H23FN2S/c1-11(2)18(3)15-5-4-13(8-14(15)16)17-9-12-6-7-19-10-12/h4-5,8,11-12,17H,6-7,9-10H2,1-3H3. The number of benzene rings is 1. The van der Waals surface area contributed by atoms with Crippen molar-refractivity contribution in [3.8, 4) is 0 Å². The topological polar surface area (TPSA) is 15.3 Å². The Morgan fingerprint density at radius 3 is 2.84 bits per heavy atom. The van der Waals surface area contributed by atoms with Crippen molar-refractivity contribution in [2.24, 2.45) is 5.92 Å². The minimum Gasteiger partial charge on any atom is -0.385 e. The molecule has 1 heterocycles. The highest BCUT2D eigenvalue weighted by Gasteiger charge is 2.15. The van der Waals surface area contributed by atoms with Crippen LogP contribution in [0.15, 0.2) is 18.2 Å². The third kappa shape index (κ3) is 3.78. The Morgan fingerprint density at radius 2 is 2.26 bits per heavy atom. The molecule has 106 valence electrons. The molecule has 0 bridgehead atoms. The lowest BCUT2D eigenvalue weighted by Gasteiger charge is -2.24. The SMILES string of the molecule is CC(C)N(C)c1ccc(NCC2CCSC2)cc1F. The van der Waals surface area contributed by atoms with Crippen LogP contribution in [0.1, 0.15) is 20.3 Å². The van der Waals surface area contributed by atoms with Gasteiger partial charge < -0.3 is 10.2 Å². The Kier molecular flexibility index (Phi) is 4.97. The molecule has 1 fully saturated rings. The lowest BCUT2D eigenvalue weighted by molar-refractivity contribution is 0.611. The van der Waals surface area contributed by atoms with E-state index in [0.717, 1.165) is 18.2 Å². The van der Waals surface area contributed by atoms with E-state index < -0.39 is 0 Å². The number of nitrogens with zero attached hydrogens (tertiary/aromatic N) is 1. The molecule has 1 aliphatic rings. The van der Waals surface area contributed by atoms with Crippen LogP contribution < -0.4 is 10.2 Å². The molecule has 0 aliphatic carbocycles. The van der Waals surface area contributed by atoms with Gasteiger partial charge in [0.2, 0.25) is 0 Å². The molecule has 19 heavy (non-hydrogen) atoms. The lowest BCUT2D eigenvalue weighted by Crippen LogP contribution is -2.26. The summed E-state index contributed by atoms with van der Waals surface area (Å²) in [6.45, 7) is 5.07. The van der Waals surface area contributed by atoms with Crippen LogP contribution in [0.25, 0.3) is 0 Å². The molecule has 1 aromatic carbocycles. The van der Waals surface area contributed by atoms with Crippen molar-refractivity contribution in [1.82, 2.24) is 0 Å². The summed E-state index contributed by atoms with van der Waals surface area (Å²) in [5, 5.41) is 3.35. The largest absolute Gasteiger partial charge is 0.385 e. The number of thioether (sulfide) groups is 1. The molecule has 0 amide bonds. The molecule has 1 aliphatic heterocycles. The minimum atomic E-state index is -0.151. The van der Waals surface area contributed by atoms with Gasteiger partial charge >= 0.3 is 0 Å². The van der Waals surface area contributed by atoms with Gasteiger partial charge in [-0.2, -0.15) is 11.8 Å². The van der Waals surface area contributed by atoms with E-state index >= 15 is 0 Å². The molecule has 2 nitrogen and oxygen atoms in total. The normalized spacial score (nSPS) is 18.9.